The fraction of sp³-hybridized carbons (Fsp3) is 0.474. The second-order valence-corrected chi connectivity index (χ2v) is 8.50. The summed E-state index contributed by atoms with van der Waals surface area (Å²) in [6, 6.07) is 5.74. The number of hydrogen-bond acceptors (Lipinski definition) is 4. The minimum atomic E-state index is -3.60. The fourth-order valence-electron chi connectivity index (χ4n) is 3.06. The Morgan fingerprint density at radius 1 is 1.15 bits per heavy atom. The van der Waals surface area contributed by atoms with Gasteiger partial charge in [-0.25, -0.2) is 8.42 Å². The van der Waals surface area contributed by atoms with Crippen LogP contribution in [0.25, 0.3) is 0 Å². The van der Waals surface area contributed by atoms with Gasteiger partial charge < -0.3 is 10.6 Å². The summed E-state index contributed by atoms with van der Waals surface area (Å²) in [5.41, 5.74) is 0.277. The summed E-state index contributed by atoms with van der Waals surface area (Å²) in [6.45, 7) is -0.110. The van der Waals surface area contributed by atoms with E-state index in [0.29, 0.717) is 0 Å². The molecule has 8 heteroatoms. The zero-order chi connectivity index (χ0) is 19.9. The largest absolute Gasteiger partial charge is 0.344 e. The van der Waals surface area contributed by atoms with Gasteiger partial charge in [-0.2, -0.15) is 4.31 Å². The average molecular weight is 391 g/mol. The number of carbonyl (C=O) groups excluding carboxylic acids is 2. The molecule has 0 heterocycles. The van der Waals surface area contributed by atoms with Gasteiger partial charge in [0.15, 0.2) is 0 Å². The normalized spacial score (nSPS) is 15.1. The SMILES string of the molecule is C#CCNC(=O)CNC(=O)c1ccc(S(=O)(=O)N(C)C2CCCCC2)cc1. The van der Waals surface area contributed by atoms with Crippen LogP contribution in [0.3, 0.4) is 0 Å². The Labute approximate surface area is 160 Å². The van der Waals surface area contributed by atoms with E-state index < -0.39 is 21.8 Å². The van der Waals surface area contributed by atoms with Crippen molar-refractivity contribution in [2.24, 2.45) is 0 Å². The van der Waals surface area contributed by atoms with Gasteiger partial charge in [-0.05, 0) is 37.1 Å². The molecule has 0 unspecified atom stereocenters. The van der Waals surface area contributed by atoms with Crippen molar-refractivity contribution in [1.82, 2.24) is 14.9 Å². The van der Waals surface area contributed by atoms with E-state index in [1.54, 1.807) is 7.05 Å². The first-order valence-corrected chi connectivity index (χ1v) is 10.4. The number of amides is 2. The summed E-state index contributed by atoms with van der Waals surface area (Å²) in [7, 11) is -1.99. The molecule has 1 aromatic carbocycles. The molecular formula is C19H25N3O4S. The summed E-state index contributed by atoms with van der Waals surface area (Å²) in [5, 5.41) is 4.90. The van der Waals surface area contributed by atoms with Gasteiger partial charge in [0, 0.05) is 18.7 Å². The molecule has 7 nitrogen and oxygen atoms in total. The smallest absolute Gasteiger partial charge is 0.251 e. The first-order chi connectivity index (χ1) is 12.9. The van der Waals surface area contributed by atoms with Gasteiger partial charge in [-0.3, -0.25) is 9.59 Å². The third kappa shape index (κ3) is 5.55. The van der Waals surface area contributed by atoms with Gasteiger partial charge in [0.25, 0.3) is 5.91 Å². The van der Waals surface area contributed by atoms with Crippen LogP contribution < -0.4 is 10.6 Å². The summed E-state index contributed by atoms with van der Waals surface area (Å²) < 4.78 is 27.0. The standard InChI is InChI=1S/C19H25N3O4S/c1-3-13-20-18(23)14-21-19(24)15-9-11-17(12-10-15)27(25,26)22(2)16-7-5-4-6-8-16/h1,9-12,16H,4-8,13-14H2,2H3,(H,20,23)(H,21,24). The van der Waals surface area contributed by atoms with E-state index in [-0.39, 0.29) is 29.6 Å². The van der Waals surface area contributed by atoms with Crippen LogP contribution in [0.15, 0.2) is 29.2 Å². The first-order valence-electron chi connectivity index (χ1n) is 8.92. The molecule has 2 rings (SSSR count). The number of nitrogens with zero attached hydrogens (tertiary/aromatic N) is 1. The zero-order valence-electron chi connectivity index (χ0n) is 15.4. The molecule has 2 N–H and O–H groups in total. The van der Waals surface area contributed by atoms with Gasteiger partial charge in [-0.1, -0.05) is 25.2 Å². The van der Waals surface area contributed by atoms with Gasteiger partial charge in [0.2, 0.25) is 15.9 Å². The van der Waals surface area contributed by atoms with Crippen LogP contribution in [0.5, 0.6) is 0 Å². The topological polar surface area (TPSA) is 95.6 Å². The third-order valence-corrected chi connectivity index (χ3v) is 6.60. The Hall–Kier alpha value is -2.37. The zero-order valence-corrected chi connectivity index (χ0v) is 16.2. The summed E-state index contributed by atoms with van der Waals surface area (Å²) in [4.78, 5) is 23.7. The van der Waals surface area contributed by atoms with Crippen LogP contribution in [-0.2, 0) is 14.8 Å². The van der Waals surface area contributed by atoms with Crippen LogP contribution in [0, 0.1) is 12.3 Å². The molecule has 2 amide bonds. The van der Waals surface area contributed by atoms with Crippen LogP contribution in [0.1, 0.15) is 42.5 Å². The number of benzene rings is 1. The molecule has 0 radical (unpaired) electrons. The fourth-order valence-corrected chi connectivity index (χ4v) is 4.48. The van der Waals surface area contributed by atoms with E-state index in [4.69, 9.17) is 6.42 Å². The molecule has 0 spiro atoms. The molecule has 1 aliphatic carbocycles. The van der Waals surface area contributed by atoms with E-state index in [9.17, 15) is 18.0 Å². The minimum Gasteiger partial charge on any atom is -0.344 e. The van der Waals surface area contributed by atoms with Crippen LogP contribution in [-0.4, -0.2) is 50.7 Å². The monoisotopic (exact) mass is 391 g/mol. The number of rotatable bonds is 7. The molecular weight excluding hydrogens is 366 g/mol. The van der Waals surface area contributed by atoms with Crippen LogP contribution >= 0.6 is 0 Å². The number of sulfonamides is 1. The molecule has 0 aromatic heterocycles. The molecule has 0 saturated heterocycles. The van der Waals surface area contributed by atoms with Crippen molar-refractivity contribution in [2.45, 2.75) is 43.0 Å². The van der Waals surface area contributed by atoms with Gasteiger partial charge >= 0.3 is 0 Å². The quantitative estimate of drug-likeness (QED) is 0.681. The lowest BCUT2D eigenvalue weighted by Gasteiger charge is -2.30. The lowest BCUT2D eigenvalue weighted by atomic mass is 9.96. The summed E-state index contributed by atoms with van der Waals surface area (Å²) in [5.74, 6) is 1.41. The van der Waals surface area contributed by atoms with E-state index in [1.165, 1.54) is 28.6 Å². The highest BCUT2D eigenvalue weighted by Crippen LogP contribution is 2.26. The molecule has 27 heavy (non-hydrogen) atoms. The number of terminal acetylenes is 1. The summed E-state index contributed by atoms with van der Waals surface area (Å²) >= 11 is 0. The molecule has 1 saturated carbocycles. The Balaban J connectivity index is 2.00. The van der Waals surface area contributed by atoms with Gasteiger partial charge in [0.05, 0.1) is 18.0 Å². The average Bonchev–Trinajstić information content (AvgIpc) is 2.70. The van der Waals surface area contributed by atoms with Crippen molar-refractivity contribution in [1.29, 1.82) is 0 Å². The second-order valence-electron chi connectivity index (χ2n) is 6.50. The number of carbonyl (C=O) groups is 2. The maximum absolute atomic E-state index is 12.8. The van der Waals surface area contributed by atoms with Crippen molar-refractivity contribution in [3.63, 3.8) is 0 Å². The Kier molecular flexibility index (Phi) is 7.39. The summed E-state index contributed by atoms with van der Waals surface area (Å²) in [6.07, 6.45) is 10.0. The van der Waals surface area contributed by atoms with Crippen molar-refractivity contribution < 1.29 is 18.0 Å². The van der Waals surface area contributed by atoms with Gasteiger partial charge in [0.1, 0.15) is 0 Å². The maximum Gasteiger partial charge on any atom is 0.251 e. The number of hydrogen-bond donors (Lipinski definition) is 2. The highest BCUT2D eigenvalue weighted by atomic mass is 32.2. The minimum absolute atomic E-state index is 0.0215. The molecule has 0 aliphatic heterocycles. The Morgan fingerprint density at radius 2 is 1.78 bits per heavy atom. The third-order valence-electron chi connectivity index (χ3n) is 4.68. The number of nitrogens with one attached hydrogen (secondary N) is 2. The van der Waals surface area contributed by atoms with Crippen molar-refractivity contribution in [2.75, 3.05) is 20.1 Å². The molecule has 146 valence electrons. The van der Waals surface area contributed by atoms with E-state index in [0.717, 1.165) is 32.1 Å². The second kappa shape index (κ2) is 9.53. The van der Waals surface area contributed by atoms with E-state index in [2.05, 4.69) is 16.6 Å². The lowest BCUT2D eigenvalue weighted by Crippen LogP contribution is -2.38. The highest BCUT2D eigenvalue weighted by Gasteiger charge is 2.29. The molecule has 1 fully saturated rings. The predicted molar refractivity (Wildman–Crippen MR) is 102 cm³/mol. The highest BCUT2D eigenvalue weighted by molar-refractivity contribution is 7.89. The molecule has 0 bridgehead atoms. The predicted octanol–water partition coefficient (Wildman–Crippen LogP) is 1.12. The van der Waals surface area contributed by atoms with Crippen molar-refractivity contribution in [3.05, 3.63) is 29.8 Å². The van der Waals surface area contributed by atoms with Crippen molar-refractivity contribution >= 4 is 21.8 Å². The maximum atomic E-state index is 12.8. The first kappa shape index (κ1) is 20.9. The lowest BCUT2D eigenvalue weighted by molar-refractivity contribution is -0.119. The van der Waals surface area contributed by atoms with E-state index in [1.807, 2.05) is 0 Å². The molecule has 1 aromatic rings. The van der Waals surface area contributed by atoms with E-state index >= 15 is 0 Å². The van der Waals surface area contributed by atoms with Crippen LogP contribution in [0.2, 0.25) is 0 Å². The molecule has 0 atom stereocenters. The molecule has 1 aliphatic rings. The Morgan fingerprint density at radius 3 is 2.37 bits per heavy atom. The van der Waals surface area contributed by atoms with Gasteiger partial charge in [-0.15, -0.1) is 6.42 Å². The Bertz CT molecular complexity index is 806. The van der Waals surface area contributed by atoms with Crippen molar-refractivity contribution in [3.8, 4) is 12.3 Å². The van der Waals surface area contributed by atoms with Crippen LogP contribution in [0.4, 0.5) is 0 Å².